The summed E-state index contributed by atoms with van der Waals surface area (Å²) >= 11 is 6.61. The number of hydrogen-bond donors (Lipinski definition) is 1. The number of amides is 1. The van der Waals surface area contributed by atoms with Gasteiger partial charge in [0.25, 0.3) is 0 Å². The molecule has 3 aromatic heterocycles. The number of nitrogens with one attached hydrogen (secondary N) is 1. The standard InChI is InChI=1S/C24H31ClN8O4/c1-24(2,3)37-23(34)28-12-17-26-10-16(11-27-17)19-30-20(32-5-8-35-9-6-32)18-21(31-19)33(22(25)29-18)13-15-4-7-36-14-15/h10-11,15H,4-9,12-14H2,1-3H3,(H,28,34). The van der Waals surface area contributed by atoms with Crippen LogP contribution in [-0.4, -0.2) is 80.7 Å². The topological polar surface area (TPSA) is 129 Å². The van der Waals surface area contributed by atoms with E-state index in [2.05, 4.69) is 25.2 Å². The maximum atomic E-state index is 11.9. The summed E-state index contributed by atoms with van der Waals surface area (Å²) in [6.45, 7) is 10.3. The van der Waals surface area contributed by atoms with Crippen LogP contribution in [0.25, 0.3) is 22.6 Å². The van der Waals surface area contributed by atoms with Gasteiger partial charge >= 0.3 is 6.09 Å². The number of ether oxygens (including phenoxy) is 3. The highest BCUT2D eigenvalue weighted by molar-refractivity contribution is 6.29. The van der Waals surface area contributed by atoms with Crippen LogP contribution in [0.5, 0.6) is 0 Å². The van der Waals surface area contributed by atoms with Crippen molar-refractivity contribution >= 4 is 34.7 Å². The molecule has 0 aromatic carbocycles. The molecule has 1 amide bonds. The average molecular weight is 531 g/mol. The molecule has 0 saturated carbocycles. The fourth-order valence-corrected chi connectivity index (χ4v) is 4.49. The van der Waals surface area contributed by atoms with Crippen molar-refractivity contribution in [1.29, 1.82) is 0 Å². The monoisotopic (exact) mass is 530 g/mol. The Labute approximate surface area is 219 Å². The van der Waals surface area contributed by atoms with Crippen molar-refractivity contribution in [3.63, 3.8) is 0 Å². The lowest BCUT2D eigenvalue weighted by Crippen LogP contribution is -2.37. The number of alkyl carbamates (subject to hydrolysis) is 1. The van der Waals surface area contributed by atoms with E-state index >= 15 is 0 Å². The van der Waals surface area contributed by atoms with Gasteiger partial charge in [0, 0.05) is 44.6 Å². The van der Waals surface area contributed by atoms with E-state index in [1.54, 1.807) is 33.2 Å². The Balaban J connectivity index is 1.44. The van der Waals surface area contributed by atoms with E-state index in [-0.39, 0.29) is 6.54 Å². The molecule has 0 bridgehead atoms. The molecule has 3 aromatic rings. The second kappa shape index (κ2) is 10.7. The second-order valence-corrected chi connectivity index (χ2v) is 10.4. The molecular weight excluding hydrogens is 500 g/mol. The largest absolute Gasteiger partial charge is 0.444 e. The molecule has 13 heteroatoms. The Kier molecular flexibility index (Phi) is 7.40. The zero-order valence-corrected chi connectivity index (χ0v) is 22.0. The number of imidazole rings is 1. The predicted molar refractivity (Wildman–Crippen MR) is 136 cm³/mol. The van der Waals surface area contributed by atoms with Gasteiger partial charge in [0.15, 0.2) is 22.8 Å². The van der Waals surface area contributed by atoms with Crippen LogP contribution >= 0.6 is 11.6 Å². The van der Waals surface area contributed by atoms with Gasteiger partial charge in [-0.15, -0.1) is 0 Å². The molecule has 0 radical (unpaired) electrons. The third-order valence-electron chi connectivity index (χ3n) is 6.06. The molecule has 198 valence electrons. The fraction of sp³-hybridized carbons (Fsp3) is 0.583. The van der Waals surface area contributed by atoms with E-state index in [1.165, 1.54) is 0 Å². The molecule has 5 heterocycles. The van der Waals surface area contributed by atoms with Crippen LogP contribution in [0.3, 0.4) is 0 Å². The zero-order valence-electron chi connectivity index (χ0n) is 21.2. The molecule has 0 spiro atoms. The highest BCUT2D eigenvalue weighted by Gasteiger charge is 2.25. The third kappa shape index (κ3) is 6.08. The van der Waals surface area contributed by atoms with Gasteiger partial charge in [0.2, 0.25) is 5.28 Å². The molecule has 0 aliphatic carbocycles. The molecular formula is C24H31ClN8O4. The quantitative estimate of drug-likeness (QED) is 0.475. The normalized spacial score (nSPS) is 18.4. The van der Waals surface area contributed by atoms with Crippen molar-refractivity contribution < 1.29 is 19.0 Å². The first-order valence-electron chi connectivity index (χ1n) is 12.4. The highest BCUT2D eigenvalue weighted by Crippen LogP contribution is 2.31. The Morgan fingerprint density at radius 2 is 1.89 bits per heavy atom. The maximum Gasteiger partial charge on any atom is 0.408 e. The fourth-order valence-electron chi connectivity index (χ4n) is 4.26. The first kappa shape index (κ1) is 25.6. The molecule has 5 rings (SSSR count). The average Bonchev–Trinajstić information content (AvgIpc) is 3.50. The summed E-state index contributed by atoms with van der Waals surface area (Å²) in [6.07, 6.45) is 3.74. The zero-order chi connectivity index (χ0) is 26.0. The number of morpholine rings is 1. The summed E-state index contributed by atoms with van der Waals surface area (Å²) in [4.78, 5) is 37.2. The van der Waals surface area contributed by atoms with Gasteiger partial charge in [-0.2, -0.15) is 0 Å². The van der Waals surface area contributed by atoms with Crippen molar-refractivity contribution in [2.45, 2.75) is 45.9 Å². The van der Waals surface area contributed by atoms with Crippen molar-refractivity contribution in [2.24, 2.45) is 5.92 Å². The summed E-state index contributed by atoms with van der Waals surface area (Å²) in [5.74, 6) is 1.97. The summed E-state index contributed by atoms with van der Waals surface area (Å²) in [5, 5.41) is 3.04. The Hall–Kier alpha value is -3.09. The van der Waals surface area contributed by atoms with Gasteiger partial charge in [-0.05, 0) is 38.8 Å². The molecule has 2 aliphatic rings. The minimum atomic E-state index is -0.580. The van der Waals surface area contributed by atoms with E-state index in [9.17, 15) is 4.79 Å². The minimum Gasteiger partial charge on any atom is -0.444 e. The number of anilines is 1. The van der Waals surface area contributed by atoms with Crippen LogP contribution in [0.1, 0.15) is 33.0 Å². The number of carbonyl (C=O) groups excluding carboxylic acids is 1. The van der Waals surface area contributed by atoms with Crippen LogP contribution in [0, 0.1) is 5.92 Å². The lowest BCUT2D eigenvalue weighted by molar-refractivity contribution is 0.0522. The van der Waals surface area contributed by atoms with Gasteiger partial charge in [0.1, 0.15) is 11.4 Å². The number of carbonyl (C=O) groups is 1. The molecule has 12 nitrogen and oxygen atoms in total. The molecule has 2 fully saturated rings. The molecule has 1 N–H and O–H groups in total. The molecule has 1 atom stereocenters. The third-order valence-corrected chi connectivity index (χ3v) is 6.35. The van der Waals surface area contributed by atoms with Crippen LogP contribution in [-0.2, 0) is 27.3 Å². The minimum absolute atomic E-state index is 0.139. The van der Waals surface area contributed by atoms with Crippen molar-refractivity contribution in [3.05, 3.63) is 23.5 Å². The van der Waals surface area contributed by atoms with Crippen molar-refractivity contribution in [1.82, 2.24) is 34.8 Å². The van der Waals surface area contributed by atoms with Crippen LogP contribution < -0.4 is 10.2 Å². The smallest absolute Gasteiger partial charge is 0.408 e. The number of rotatable bonds is 6. The second-order valence-electron chi connectivity index (χ2n) is 10.1. The number of hydrogen-bond acceptors (Lipinski definition) is 10. The summed E-state index contributed by atoms with van der Waals surface area (Å²) in [6, 6.07) is 0. The maximum absolute atomic E-state index is 11.9. The van der Waals surface area contributed by atoms with E-state index in [0.717, 1.165) is 13.0 Å². The number of nitrogens with zero attached hydrogens (tertiary/aromatic N) is 7. The van der Waals surface area contributed by atoms with Gasteiger partial charge in [-0.25, -0.2) is 29.7 Å². The Bertz CT molecular complexity index is 1250. The van der Waals surface area contributed by atoms with Crippen molar-refractivity contribution in [2.75, 3.05) is 44.4 Å². The van der Waals surface area contributed by atoms with Crippen LogP contribution in [0.4, 0.5) is 10.6 Å². The van der Waals surface area contributed by atoms with Crippen LogP contribution in [0.15, 0.2) is 12.4 Å². The summed E-state index contributed by atoms with van der Waals surface area (Å²) in [7, 11) is 0. The SMILES string of the molecule is CC(C)(C)OC(=O)NCc1ncc(-c2nc(N3CCOCC3)c3nc(Cl)n(CC4CCOC4)c3n2)cn1. The highest BCUT2D eigenvalue weighted by atomic mass is 35.5. The van der Waals surface area contributed by atoms with E-state index in [4.69, 9.17) is 35.8 Å². The number of fused-ring (bicyclic) bond motifs is 1. The lowest BCUT2D eigenvalue weighted by Gasteiger charge is -2.28. The number of halogens is 1. The van der Waals surface area contributed by atoms with Gasteiger partial charge in [0.05, 0.1) is 31.9 Å². The molecule has 1 unspecified atom stereocenters. The Morgan fingerprint density at radius 1 is 1.14 bits per heavy atom. The molecule has 37 heavy (non-hydrogen) atoms. The van der Waals surface area contributed by atoms with Crippen molar-refractivity contribution in [3.8, 4) is 11.4 Å². The molecule has 2 aliphatic heterocycles. The summed E-state index contributed by atoms with van der Waals surface area (Å²) in [5.41, 5.74) is 1.39. The van der Waals surface area contributed by atoms with Gasteiger partial charge in [-0.3, -0.25) is 4.57 Å². The summed E-state index contributed by atoms with van der Waals surface area (Å²) < 4.78 is 18.3. The van der Waals surface area contributed by atoms with E-state index in [1.807, 2.05) is 4.57 Å². The lowest BCUT2D eigenvalue weighted by atomic mass is 10.1. The molecule has 2 saturated heterocycles. The van der Waals surface area contributed by atoms with Crippen LogP contribution in [0.2, 0.25) is 5.28 Å². The predicted octanol–water partition coefficient (Wildman–Crippen LogP) is 2.83. The Morgan fingerprint density at radius 3 is 2.57 bits per heavy atom. The van der Waals surface area contributed by atoms with E-state index < -0.39 is 11.7 Å². The van der Waals surface area contributed by atoms with Gasteiger partial charge in [-0.1, -0.05) is 0 Å². The number of aromatic nitrogens is 6. The van der Waals surface area contributed by atoms with Gasteiger partial charge < -0.3 is 24.4 Å². The van der Waals surface area contributed by atoms with E-state index in [0.29, 0.717) is 84.9 Å². The first-order chi connectivity index (χ1) is 17.8. The first-order valence-corrected chi connectivity index (χ1v) is 12.8.